The molecule has 0 saturated carbocycles. The van der Waals surface area contributed by atoms with Crippen molar-refractivity contribution in [3.8, 4) is 0 Å². The van der Waals surface area contributed by atoms with Gasteiger partial charge in [0.15, 0.2) is 0 Å². The molecular formula is C23H29N. The Bertz CT molecular complexity index is 610. The number of fused-ring (bicyclic) bond motifs is 1. The quantitative estimate of drug-likeness (QED) is 0.467. The van der Waals surface area contributed by atoms with Crippen molar-refractivity contribution in [1.29, 1.82) is 0 Å². The van der Waals surface area contributed by atoms with E-state index in [2.05, 4.69) is 85.0 Å². The smallest absolute Gasteiger partial charge is 0.0340 e. The molecule has 0 spiro atoms. The lowest BCUT2D eigenvalue weighted by molar-refractivity contribution is 0.645. The lowest BCUT2D eigenvalue weighted by Crippen LogP contribution is -2.00. The summed E-state index contributed by atoms with van der Waals surface area (Å²) >= 11 is 0. The van der Waals surface area contributed by atoms with E-state index in [0.717, 1.165) is 6.54 Å². The van der Waals surface area contributed by atoms with E-state index in [1.165, 1.54) is 48.6 Å². The first-order chi connectivity index (χ1) is 11.9. The van der Waals surface area contributed by atoms with Crippen molar-refractivity contribution in [1.82, 2.24) is 0 Å². The van der Waals surface area contributed by atoms with Crippen LogP contribution in [0.5, 0.6) is 0 Å². The van der Waals surface area contributed by atoms with Crippen LogP contribution in [0.2, 0.25) is 0 Å². The fraction of sp³-hybridized carbons (Fsp3) is 0.304. The molecule has 3 rings (SSSR count). The SMILES string of the molecule is CCCCCCCNc1ccccc1.c1ccc2ccccc2c1. The van der Waals surface area contributed by atoms with Crippen LogP contribution in [0.15, 0.2) is 78.9 Å². The van der Waals surface area contributed by atoms with Crippen LogP contribution >= 0.6 is 0 Å². The number of para-hydroxylation sites is 1. The molecule has 0 unspecified atom stereocenters. The molecule has 0 aliphatic rings. The van der Waals surface area contributed by atoms with Gasteiger partial charge in [-0.1, -0.05) is 99.3 Å². The molecule has 0 aliphatic carbocycles. The number of hydrogen-bond acceptors (Lipinski definition) is 1. The Labute approximate surface area is 146 Å². The Morgan fingerprint density at radius 3 is 1.62 bits per heavy atom. The first kappa shape index (κ1) is 18.1. The van der Waals surface area contributed by atoms with Gasteiger partial charge in [-0.3, -0.25) is 0 Å². The molecule has 0 aliphatic heterocycles. The molecule has 0 saturated heterocycles. The Hall–Kier alpha value is -2.28. The first-order valence-corrected chi connectivity index (χ1v) is 9.13. The number of rotatable bonds is 7. The van der Waals surface area contributed by atoms with Gasteiger partial charge in [-0.2, -0.15) is 0 Å². The summed E-state index contributed by atoms with van der Waals surface area (Å²) in [5.74, 6) is 0. The molecule has 1 heteroatoms. The van der Waals surface area contributed by atoms with E-state index >= 15 is 0 Å². The van der Waals surface area contributed by atoms with Gasteiger partial charge in [0.2, 0.25) is 0 Å². The summed E-state index contributed by atoms with van der Waals surface area (Å²) in [6, 6.07) is 27.1. The third kappa shape index (κ3) is 6.87. The number of nitrogens with one attached hydrogen (secondary N) is 1. The zero-order valence-corrected chi connectivity index (χ0v) is 14.7. The molecule has 0 aromatic heterocycles. The van der Waals surface area contributed by atoms with Gasteiger partial charge in [0.05, 0.1) is 0 Å². The van der Waals surface area contributed by atoms with E-state index < -0.39 is 0 Å². The monoisotopic (exact) mass is 319 g/mol. The zero-order chi connectivity index (χ0) is 16.9. The number of benzene rings is 3. The van der Waals surface area contributed by atoms with Crippen LogP contribution in [0.1, 0.15) is 39.0 Å². The van der Waals surface area contributed by atoms with Gasteiger partial charge in [-0.15, -0.1) is 0 Å². The molecule has 126 valence electrons. The van der Waals surface area contributed by atoms with Gasteiger partial charge in [0.1, 0.15) is 0 Å². The Morgan fingerprint density at radius 2 is 1.08 bits per heavy atom. The average molecular weight is 319 g/mol. The lowest BCUT2D eigenvalue weighted by Gasteiger charge is -2.05. The van der Waals surface area contributed by atoms with E-state index in [1.807, 2.05) is 6.07 Å². The molecule has 1 nitrogen and oxygen atoms in total. The second-order valence-electron chi connectivity index (χ2n) is 6.05. The van der Waals surface area contributed by atoms with Crippen molar-refractivity contribution >= 4 is 16.5 Å². The molecule has 0 amide bonds. The lowest BCUT2D eigenvalue weighted by atomic mass is 10.1. The molecule has 0 bridgehead atoms. The minimum Gasteiger partial charge on any atom is -0.385 e. The summed E-state index contributed by atoms with van der Waals surface area (Å²) in [6.45, 7) is 3.36. The summed E-state index contributed by atoms with van der Waals surface area (Å²) in [4.78, 5) is 0. The van der Waals surface area contributed by atoms with E-state index in [-0.39, 0.29) is 0 Å². The molecule has 24 heavy (non-hydrogen) atoms. The van der Waals surface area contributed by atoms with Crippen LogP contribution in [0, 0.1) is 0 Å². The van der Waals surface area contributed by atoms with Crippen molar-refractivity contribution in [3.63, 3.8) is 0 Å². The fourth-order valence-electron chi connectivity index (χ4n) is 2.65. The van der Waals surface area contributed by atoms with Gasteiger partial charge in [-0.25, -0.2) is 0 Å². The number of anilines is 1. The Morgan fingerprint density at radius 1 is 0.583 bits per heavy atom. The Kier molecular flexibility index (Phi) is 8.49. The number of hydrogen-bond donors (Lipinski definition) is 1. The third-order valence-corrected chi connectivity index (χ3v) is 4.04. The molecule has 3 aromatic carbocycles. The van der Waals surface area contributed by atoms with Crippen molar-refractivity contribution in [3.05, 3.63) is 78.9 Å². The van der Waals surface area contributed by atoms with Gasteiger partial charge in [-0.05, 0) is 29.3 Å². The predicted octanol–water partition coefficient (Wildman–Crippen LogP) is 6.91. The third-order valence-electron chi connectivity index (χ3n) is 4.04. The van der Waals surface area contributed by atoms with Crippen molar-refractivity contribution in [2.45, 2.75) is 39.0 Å². The largest absolute Gasteiger partial charge is 0.385 e. The van der Waals surface area contributed by atoms with Gasteiger partial charge < -0.3 is 5.32 Å². The highest BCUT2D eigenvalue weighted by atomic mass is 14.9. The standard InChI is InChI=1S/C13H21N.C10H8/c1-2-3-4-5-9-12-14-13-10-7-6-8-11-13;1-2-6-10-8-4-3-7-9(10)5-1/h6-8,10-11,14H,2-5,9,12H2,1H3;1-8H. The average Bonchev–Trinajstić information content (AvgIpc) is 2.66. The van der Waals surface area contributed by atoms with E-state index in [9.17, 15) is 0 Å². The van der Waals surface area contributed by atoms with Crippen molar-refractivity contribution < 1.29 is 0 Å². The second-order valence-corrected chi connectivity index (χ2v) is 6.05. The summed E-state index contributed by atoms with van der Waals surface area (Å²) < 4.78 is 0. The van der Waals surface area contributed by atoms with Crippen molar-refractivity contribution in [2.75, 3.05) is 11.9 Å². The molecule has 1 N–H and O–H groups in total. The zero-order valence-electron chi connectivity index (χ0n) is 14.7. The normalized spacial score (nSPS) is 10.0. The molecule has 0 radical (unpaired) electrons. The van der Waals surface area contributed by atoms with Gasteiger partial charge in [0.25, 0.3) is 0 Å². The summed E-state index contributed by atoms with van der Waals surface area (Å²) in [6.07, 6.45) is 6.73. The summed E-state index contributed by atoms with van der Waals surface area (Å²) in [5.41, 5.74) is 1.24. The highest BCUT2D eigenvalue weighted by Crippen LogP contribution is 2.11. The van der Waals surface area contributed by atoms with Gasteiger partial charge >= 0.3 is 0 Å². The predicted molar refractivity (Wildman–Crippen MR) is 108 cm³/mol. The van der Waals surface area contributed by atoms with Crippen LogP contribution in [-0.2, 0) is 0 Å². The molecule has 0 heterocycles. The maximum atomic E-state index is 3.42. The van der Waals surface area contributed by atoms with Crippen LogP contribution in [0.25, 0.3) is 10.8 Å². The maximum Gasteiger partial charge on any atom is 0.0340 e. The van der Waals surface area contributed by atoms with Crippen LogP contribution in [-0.4, -0.2) is 6.54 Å². The summed E-state index contributed by atoms with van der Waals surface area (Å²) in [7, 11) is 0. The molecule has 0 fully saturated rings. The second kappa shape index (κ2) is 11.3. The van der Waals surface area contributed by atoms with Crippen LogP contribution in [0.3, 0.4) is 0 Å². The first-order valence-electron chi connectivity index (χ1n) is 9.13. The van der Waals surface area contributed by atoms with E-state index in [4.69, 9.17) is 0 Å². The molecule has 3 aromatic rings. The maximum absolute atomic E-state index is 3.42. The van der Waals surface area contributed by atoms with E-state index in [1.54, 1.807) is 0 Å². The summed E-state index contributed by atoms with van der Waals surface area (Å²) in [5, 5.41) is 6.04. The van der Waals surface area contributed by atoms with Crippen LogP contribution in [0.4, 0.5) is 5.69 Å². The molecule has 0 atom stereocenters. The van der Waals surface area contributed by atoms with Crippen molar-refractivity contribution in [2.24, 2.45) is 0 Å². The molecular weight excluding hydrogens is 290 g/mol. The highest BCUT2D eigenvalue weighted by Gasteiger charge is 1.90. The highest BCUT2D eigenvalue weighted by molar-refractivity contribution is 5.81. The fourth-order valence-corrected chi connectivity index (χ4v) is 2.65. The topological polar surface area (TPSA) is 12.0 Å². The van der Waals surface area contributed by atoms with Crippen LogP contribution < -0.4 is 5.32 Å². The minimum absolute atomic E-state index is 1.10. The Balaban J connectivity index is 0.000000182. The number of unbranched alkanes of at least 4 members (excludes halogenated alkanes) is 4. The van der Waals surface area contributed by atoms with Gasteiger partial charge in [0, 0.05) is 12.2 Å². The van der Waals surface area contributed by atoms with E-state index in [0.29, 0.717) is 0 Å². The minimum atomic E-state index is 1.10.